The van der Waals surface area contributed by atoms with Crippen molar-refractivity contribution in [3.05, 3.63) is 45.2 Å². The number of aromatic amines is 1. The Labute approximate surface area is 167 Å². The summed E-state index contributed by atoms with van der Waals surface area (Å²) >= 11 is 0. The van der Waals surface area contributed by atoms with Crippen LogP contribution < -0.4 is 21.1 Å². The summed E-state index contributed by atoms with van der Waals surface area (Å²) in [5.41, 5.74) is 2.42. The number of aryl methyl sites for hydroxylation is 2. The second-order valence-corrected chi connectivity index (χ2v) is 7.42. The van der Waals surface area contributed by atoms with Gasteiger partial charge in [0.2, 0.25) is 17.8 Å². The molecular weight excluding hydrogens is 374 g/mol. The number of hydrogen-bond acceptors (Lipinski definition) is 6. The Bertz CT molecular complexity index is 1010. The number of fused-ring (bicyclic) bond motifs is 1. The zero-order valence-corrected chi connectivity index (χ0v) is 16.4. The number of anilines is 3. The molecule has 1 saturated heterocycles. The van der Waals surface area contributed by atoms with Crippen LogP contribution in [0.5, 0.6) is 0 Å². The zero-order valence-electron chi connectivity index (χ0n) is 16.4. The van der Waals surface area contributed by atoms with Crippen molar-refractivity contribution in [1.82, 2.24) is 9.97 Å². The maximum Gasteiger partial charge on any atom is 0.258 e. The van der Waals surface area contributed by atoms with E-state index in [1.807, 2.05) is 36.9 Å². The molecule has 2 aromatic rings. The van der Waals surface area contributed by atoms with Crippen LogP contribution in [-0.2, 0) is 14.3 Å². The molecule has 1 aromatic carbocycles. The zero-order chi connectivity index (χ0) is 20.5. The van der Waals surface area contributed by atoms with Crippen molar-refractivity contribution in [2.75, 3.05) is 41.8 Å². The third-order valence-electron chi connectivity index (χ3n) is 5.05. The summed E-state index contributed by atoms with van der Waals surface area (Å²) in [7, 11) is 0. The van der Waals surface area contributed by atoms with E-state index in [0.717, 1.165) is 11.1 Å². The molecule has 9 heteroatoms. The summed E-state index contributed by atoms with van der Waals surface area (Å²) in [6, 6.07) is 5.69. The smallest absolute Gasteiger partial charge is 0.258 e. The highest BCUT2D eigenvalue weighted by atomic mass is 16.5. The number of hydrogen-bond donors (Lipinski definition) is 3. The second-order valence-electron chi connectivity index (χ2n) is 7.42. The molecule has 29 heavy (non-hydrogen) atoms. The van der Waals surface area contributed by atoms with E-state index in [1.54, 1.807) is 0 Å². The van der Waals surface area contributed by atoms with E-state index in [2.05, 4.69) is 20.6 Å². The van der Waals surface area contributed by atoms with Gasteiger partial charge in [-0.2, -0.15) is 4.98 Å². The Morgan fingerprint density at radius 3 is 2.55 bits per heavy atom. The third-order valence-corrected chi connectivity index (χ3v) is 5.05. The van der Waals surface area contributed by atoms with Gasteiger partial charge in [-0.15, -0.1) is 0 Å². The number of morpholine rings is 1. The van der Waals surface area contributed by atoms with Gasteiger partial charge in [-0.1, -0.05) is 6.07 Å². The van der Waals surface area contributed by atoms with Crippen LogP contribution in [0, 0.1) is 13.8 Å². The second kappa shape index (κ2) is 7.67. The number of benzene rings is 1. The van der Waals surface area contributed by atoms with Crippen molar-refractivity contribution >= 4 is 29.3 Å². The molecule has 0 radical (unpaired) electrons. The van der Waals surface area contributed by atoms with Crippen molar-refractivity contribution < 1.29 is 14.3 Å². The number of nitrogens with one attached hydrogen (secondary N) is 3. The van der Waals surface area contributed by atoms with Crippen LogP contribution in [0.4, 0.5) is 17.5 Å². The molecule has 2 amide bonds. The lowest BCUT2D eigenvalue weighted by molar-refractivity contribution is -0.123. The summed E-state index contributed by atoms with van der Waals surface area (Å²) < 4.78 is 5.32. The molecular formula is C20H23N5O4. The molecule has 4 rings (SSSR count). The molecule has 0 spiro atoms. The summed E-state index contributed by atoms with van der Waals surface area (Å²) in [6.45, 7) is 6.13. The number of carbonyl (C=O) groups is 2. The van der Waals surface area contributed by atoms with Crippen LogP contribution in [0.3, 0.4) is 0 Å². The summed E-state index contributed by atoms with van der Waals surface area (Å²) in [5.74, 6) is -1.14. The van der Waals surface area contributed by atoms with E-state index in [1.165, 1.54) is 0 Å². The summed E-state index contributed by atoms with van der Waals surface area (Å²) in [4.78, 5) is 47.1. The molecule has 3 N–H and O–H groups in total. The van der Waals surface area contributed by atoms with Gasteiger partial charge in [-0.25, -0.2) is 0 Å². The molecule has 9 nitrogen and oxygen atoms in total. The normalized spacial score (nSPS) is 18.8. The van der Waals surface area contributed by atoms with Crippen molar-refractivity contribution in [2.45, 2.75) is 26.2 Å². The first-order valence-corrected chi connectivity index (χ1v) is 9.56. The minimum absolute atomic E-state index is 0.106. The molecule has 1 fully saturated rings. The van der Waals surface area contributed by atoms with Gasteiger partial charge in [0.15, 0.2) is 0 Å². The number of carbonyl (C=O) groups excluding carboxylic acids is 2. The molecule has 0 saturated carbocycles. The Kier molecular flexibility index (Phi) is 5.06. The van der Waals surface area contributed by atoms with Gasteiger partial charge in [-0.3, -0.25) is 19.4 Å². The molecule has 0 unspecified atom stereocenters. The Balaban J connectivity index is 1.65. The van der Waals surface area contributed by atoms with Crippen molar-refractivity contribution in [1.29, 1.82) is 0 Å². The topological polar surface area (TPSA) is 116 Å². The number of aromatic nitrogens is 2. The Morgan fingerprint density at radius 1 is 1.17 bits per heavy atom. The predicted molar refractivity (Wildman–Crippen MR) is 108 cm³/mol. The van der Waals surface area contributed by atoms with E-state index < -0.39 is 17.4 Å². The van der Waals surface area contributed by atoms with Gasteiger partial charge in [0.25, 0.3) is 5.56 Å². The van der Waals surface area contributed by atoms with E-state index in [0.29, 0.717) is 37.9 Å². The van der Waals surface area contributed by atoms with E-state index in [4.69, 9.17) is 4.74 Å². The Hall–Kier alpha value is -3.20. The van der Waals surface area contributed by atoms with Gasteiger partial charge < -0.3 is 20.3 Å². The van der Waals surface area contributed by atoms with Crippen LogP contribution in [0.2, 0.25) is 0 Å². The average molecular weight is 397 g/mol. The molecule has 1 atom stereocenters. The SMILES string of the molecule is Cc1cc(C)cc(NC(=O)[C@H]2CC(=O)Nc3nc(N4CCOCC4)[nH]c(=O)c32)c1. The number of rotatable bonds is 3. The standard InChI is InChI=1S/C20H23N5O4/c1-11-7-12(2)9-13(8-11)21-18(27)14-10-15(26)22-17-16(14)19(28)24-20(23-17)25-3-5-29-6-4-25/h7-9,14H,3-6,10H2,1-2H3,(H,21,27)(H2,22,23,24,26,28)/t14-/m0/s1. The van der Waals surface area contributed by atoms with Gasteiger partial charge in [0.05, 0.1) is 24.7 Å². The first-order valence-electron chi connectivity index (χ1n) is 9.56. The fourth-order valence-electron chi connectivity index (χ4n) is 3.78. The summed E-state index contributed by atoms with van der Waals surface area (Å²) in [5, 5.41) is 5.47. The fraction of sp³-hybridized carbons (Fsp3) is 0.400. The van der Waals surface area contributed by atoms with E-state index in [-0.39, 0.29) is 23.7 Å². The Morgan fingerprint density at radius 2 is 1.86 bits per heavy atom. The highest BCUT2D eigenvalue weighted by Gasteiger charge is 2.35. The van der Waals surface area contributed by atoms with Crippen LogP contribution in [0.15, 0.2) is 23.0 Å². The third kappa shape index (κ3) is 4.00. The molecule has 2 aliphatic heterocycles. The first kappa shape index (κ1) is 19.1. The van der Waals surface area contributed by atoms with Crippen molar-refractivity contribution in [2.24, 2.45) is 0 Å². The fourth-order valence-corrected chi connectivity index (χ4v) is 3.78. The maximum atomic E-state index is 12.9. The monoisotopic (exact) mass is 397 g/mol. The van der Waals surface area contributed by atoms with Crippen LogP contribution in [0.1, 0.15) is 29.0 Å². The first-order chi connectivity index (χ1) is 13.9. The highest BCUT2D eigenvalue weighted by molar-refractivity contribution is 6.04. The lowest BCUT2D eigenvalue weighted by Crippen LogP contribution is -2.41. The molecule has 0 bridgehead atoms. The quantitative estimate of drug-likeness (QED) is 0.719. The van der Waals surface area contributed by atoms with Crippen molar-refractivity contribution in [3.63, 3.8) is 0 Å². The molecule has 3 heterocycles. The average Bonchev–Trinajstić information content (AvgIpc) is 2.66. The minimum atomic E-state index is -0.908. The maximum absolute atomic E-state index is 12.9. The summed E-state index contributed by atoms with van der Waals surface area (Å²) in [6.07, 6.45) is -0.106. The lowest BCUT2D eigenvalue weighted by Gasteiger charge is -2.29. The van der Waals surface area contributed by atoms with Crippen LogP contribution >= 0.6 is 0 Å². The molecule has 0 aliphatic carbocycles. The number of ether oxygens (including phenoxy) is 1. The molecule has 2 aliphatic rings. The van der Waals surface area contributed by atoms with Crippen LogP contribution in [0.25, 0.3) is 0 Å². The van der Waals surface area contributed by atoms with Gasteiger partial charge in [0.1, 0.15) is 5.82 Å². The molecule has 152 valence electrons. The number of nitrogens with zero attached hydrogens (tertiary/aromatic N) is 2. The number of amides is 2. The van der Waals surface area contributed by atoms with E-state index in [9.17, 15) is 14.4 Å². The van der Waals surface area contributed by atoms with Gasteiger partial charge >= 0.3 is 0 Å². The number of H-pyrrole nitrogens is 1. The molecule has 1 aromatic heterocycles. The highest BCUT2D eigenvalue weighted by Crippen LogP contribution is 2.30. The van der Waals surface area contributed by atoms with Gasteiger partial charge in [-0.05, 0) is 37.1 Å². The van der Waals surface area contributed by atoms with E-state index >= 15 is 0 Å². The predicted octanol–water partition coefficient (Wildman–Crippen LogP) is 1.29. The lowest BCUT2D eigenvalue weighted by atomic mass is 9.92. The minimum Gasteiger partial charge on any atom is -0.378 e. The van der Waals surface area contributed by atoms with Gasteiger partial charge in [0, 0.05) is 25.2 Å². The van der Waals surface area contributed by atoms with Crippen LogP contribution in [-0.4, -0.2) is 48.1 Å². The van der Waals surface area contributed by atoms with Crippen molar-refractivity contribution in [3.8, 4) is 0 Å². The largest absolute Gasteiger partial charge is 0.378 e.